The summed E-state index contributed by atoms with van der Waals surface area (Å²) in [5, 5.41) is 115. The van der Waals surface area contributed by atoms with Crippen LogP contribution in [0.15, 0.2) is 0 Å². The second-order valence-electron chi connectivity index (χ2n) is 13.7. The van der Waals surface area contributed by atoms with Gasteiger partial charge in [0.05, 0.1) is 26.4 Å². The Hall–Kier alpha value is -3.09. The van der Waals surface area contributed by atoms with Crippen LogP contribution in [0.5, 0.6) is 0 Å². The minimum atomic E-state index is -2.11. The number of aliphatic hydroxyl groups is 10. The lowest BCUT2D eigenvalue weighted by Gasteiger charge is -2.48. The van der Waals surface area contributed by atoms with Gasteiger partial charge in [0.2, 0.25) is 23.6 Å². The van der Waals surface area contributed by atoms with Gasteiger partial charge in [-0.2, -0.15) is 0 Å². The van der Waals surface area contributed by atoms with E-state index in [1.54, 1.807) is 0 Å². The molecule has 14 N–H and O–H groups in total. The Morgan fingerprint density at radius 3 is 1.16 bits per heavy atom. The highest BCUT2D eigenvalue weighted by Crippen LogP contribution is 2.32. The third-order valence-corrected chi connectivity index (χ3v) is 9.38. The number of carbonyl (C=O) groups excluding carboxylic acids is 5. The fourth-order valence-corrected chi connectivity index (χ4v) is 6.64. The standard InChI is InChI=1S/C32H54N4O21/c1-10(42)33-14(5-37)28(56-31-20(35-12(3)44)26(50)23(47)16(7-39)53-31)29(57-32-21(36-13(4)45)27(51)24(48)17(8-40)54-32)18(9-41)55-30-19(34-11(2)43)25(49)22(46)15(6-38)52-30/h5,14-32,38-41,46-51H,6-9H2,1-4H3,(H,33,42)(H,34,43)(H,35,44)(H,36,45)/t14-,15+,16+,17+,18+,19+,20+,21+,22+,23+,24+,25+,26+,27+,28+,29+,30-,31-,32-/m0/s1. The van der Waals surface area contributed by atoms with Crippen molar-refractivity contribution in [3.63, 3.8) is 0 Å². The quantitative estimate of drug-likeness (QED) is 0.0570. The SMILES string of the molecule is CC(=O)N[C@H]1[C@H](O[C@@H]([C@H](O[C@@H]2O[C@H](CO)[C@@H](O)[C@H](O)[C@H]2NC(C)=O)[C@@H](CO)O[C@@H]2O[C@H](CO)[C@@H](O)[C@H](O)[C@H]2NC(C)=O)[C@H](C=O)NC(C)=O)O[C@H](CO)[C@@H](O)[C@@H]1O. The predicted octanol–water partition coefficient (Wildman–Crippen LogP) is -9.33. The highest BCUT2D eigenvalue weighted by atomic mass is 16.7. The Bertz CT molecular complexity index is 1350. The van der Waals surface area contributed by atoms with Gasteiger partial charge in [-0.05, 0) is 0 Å². The van der Waals surface area contributed by atoms with Crippen molar-refractivity contribution >= 4 is 29.9 Å². The molecule has 57 heavy (non-hydrogen) atoms. The first-order valence-corrected chi connectivity index (χ1v) is 17.8. The molecule has 3 rings (SSSR count). The minimum Gasteiger partial charge on any atom is -0.394 e. The van der Waals surface area contributed by atoms with E-state index in [0.717, 1.165) is 27.7 Å². The maximum Gasteiger partial charge on any atom is 0.217 e. The zero-order valence-corrected chi connectivity index (χ0v) is 31.3. The van der Waals surface area contributed by atoms with Gasteiger partial charge in [-0.15, -0.1) is 0 Å². The first-order valence-electron chi connectivity index (χ1n) is 17.8. The Balaban J connectivity index is 2.28. The molecule has 0 aromatic heterocycles. The van der Waals surface area contributed by atoms with Crippen molar-refractivity contribution in [2.45, 2.75) is 144 Å². The molecule has 19 atom stereocenters. The van der Waals surface area contributed by atoms with Gasteiger partial charge in [0.15, 0.2) is 18.9 Å². The molecular weight excluding hydrogens is 776 g/mol. The topological polar surface area (TPSA) is 391 Å². The van der Waals surface area contributed by atoms with Crippen LogP contribution in [0.3, 0.4) is 0 Å². The van der Waals surface area contributed by atoms with E-state index < -0.39 is 166 Å². The zero-order valence-electron chi connectivity index (χ0n) is 31.3. The van der Waals surface area contributed by atoms with E-state index in [1.807, 2.05) is 0 Å². The van der Waals surface area contributed by atoms with Crippen LogP contribution < -0.4 is 21.3 Å². The predicted molar refractivity (Wildman–Crippen MR) is 181 cm³/mol. The van der Waals surface area contributed by atoms with Crippen LogP contribution in [0.25, 0.3) is 0 Å². The molecule has 0 spiro atoms. The van der Waals surface area contributed by atoms with Crippen molar-refractivity contribution in [3.8, 4) is 0 Å². The van der Waals surface area contributed by atoms with E-state index >= 15 is 0 Å². The third-order valence-electron chi connectivity index (χ3n) is 9.38. The molecule has 25 nitrogen and oxygen atoms in total. The number of aliphatic hydroxyl groups excluding tert-OH is 10. The molecule has 0 unspecified atom stereocenters. The van der Waals surface area contributed by atoms with Gasteiger partial charge in [0.25, 0.3) is 0 Å². The molecule has 0 aliphatic carbocycles. The first kappa shape index (κ1) is 48.3. The van der Waals surface area contributed by atoms with Crippen LogP contribution in [0, 0.1) is 0 Å². The Morgan fingerprint density at radius 1 is 0.544 bits per heavy atom. The van der Waals surface area contributed by atoms with Crippen molar-refractivity contribution in [1.29, 1.82) is 0 Å². The highest BCUT2D eigenvalue weighted by Gasteiger charge is 2.53. The first-order chi connectivity index (χ1) is 26.8. The summed E-state index contributed by atoms with van der Waals surface area (Å²) < 4.78 is 35.4. The number of amides is 4. The fraction of sp³-hybridized carbons (Fsp3) is 0.844. The summed E-state index contributed by atoms with van der Waals surface area (Å²) >= 11 is 0. The molecule has 0 aromatic carbocycles. The van der Waals surface area contributed by atoms with Gasteiger partial charge in [-0.3, -0.25) is 19.2 Å². The Labute approximate surface area is 325 Å². The smallest absolute Gasteiger partial charge is 0.217 e. The van der Waals surface area contributed by atoms with Crippen LogP contribution in [0.2, 0.25) is 0 Å². The maximum absolute atomic E-state index is 12.8. The van der Waals surface area contributed by atoms with Crippen molar-refractivity contribution in [2.24, 2.45) is 0 Å². The molecule has 328 valence electrons. The molecule has 0 saturated carbocycles. The Morgan fingerprint density at radius 2 is 0.877 bits per heavy atom. The van der Waals surface area contributed by atoms with Crippen molar-refractivity contribution in [1.82, 2.24) is 21.3 Å². The number of aldehydes is 1. The van der Waals surface area contributed by atoms with Crippen LogP contribution in [-0.4, -0.2) is 224 Å². The number of hydrogen-bond donors (Lipinski definition) is 14. The van der Waals surface area contributed by atoms with Gasteiger partial charge < -0.3 is 106 Å². The summed E-state index contributed by atoms with van der Waals surface area (Å²) in [7, 11) is 0. The monoisotopic (exact) mass is 830 g/mol. The minimum absolute atomic E-state index is 0.114. The average Bonchev–Trinajstić information content (AvgIpc) is 3.15. The Kier molecular flexibility index (Phi) is 18.4. The van der Waals surface area contributed by atoms with Crippen LogP contribution in [-0.2, 0) is 52.4 Å². The van der Waals surface area contributed by atoms with E-state index in [-0.39, 0.29) is 6.29 Å². The summed E-state index contributed by atoms with van der Waals surface area (Å²) in [5.41, 5.74) is 0. The van der Waals surface area contributed by atoms with E-state index in [0.29, 0.717) is 0 Å². The molecule has 3 heterocycles. The summed E-state index contributed by atoms with van der Waals surface area (Å²) in [6.45, 7) is 0.105. The number of carbonyl (C=O) groups is 5. The second kappa shape index (κ2) is 21.8. The summed E-state index contributed by atoms with van der Waals surface area (Å²) in [5.74, 6) is -3.25. The lowest BCUT2D eigenvalue weighted by atomic mass is 9.94. The largest absolute Gasteiger partial charge is 0.394 e. The third kappa shape index (κ3) is 12.0. The zero-order chi connectivity index (χ0) is 42.9. The van der Waals surface area contributed by atoms with Gasteiger partial charge in [-0.25, -0.2) is 0 Å². The molecule has 0 bridgehead atoms. The molecule has 3 aliphatic heterocycles. The summed E-state index contributed by atoms with van der Waals surface area (Å²) in [4.78, 5) is 61.9. The van der Waals surface area contributed by atoms with Crippen LogP contribution >= 0.6 is 0 Å². The molecule has 0 radical (unpaired) electrons. The number of hydrogen-bond acceptors (Lipinski definition) is 21. The molecule has 3 fully saturated rings. The van der Waals surface area contributed by atoms with Gasteiger partial charge in [0.1, 0.15) is 104 Å². The van der Waals surface area contributed by atoms with Crippen molar-refractivity contribution in [3.05, 3.63) is 0 Å². The molecule has 0 aromatic rings. The second-order valence-corrected chi connectivity index (χ2v) is 13.7. The van der Waals surface area contributed by atoms with Gasteiger partial charge in [0, 0.05) is 27.7 Å². The molecule has 3 saturated heterocycles. The molecular formula is C32H54N4O21. The number of nitrogens with one attached hydrogen (secondary N) is 4. The summed E-state index contributed by atoms with van der Waals surface area (Å²) in [6.07, 6.45) is -27.9. The maximum atomic E-state index is 12.8. The fourth-order valence-electron chi connectivity index (χ4n) is 6.64. The van der Waals surface area contributed by atoms with Gasteiger partial charge >= 0.3 is 0 Å². The van der Waals surface area contributed by atoms with E-state index in [1.165, 1.54) is 0 Å². The van der Waals surface area contributed by atoms with Crippen LogP contribution in [0.4, 0.5) is 0 Å². The molecule has 4 amide bonds. The molecule has 25 heteroatoms. The van der Waals surface area contributed by atoms with Gasteiger partial charge in [-0.1, -0.05) is 0 Å². The van der Waals surface area contributed by atoms with Crippen molar-refractivity contribution in [2.75, 3.05) is 26.4 Å². The number of ether oxygens (including phenoxy) is 6. The average molecular weight is 831 g/mol. The summed E-state index contributed by atoms with van der Waals surface area (Å²) in [6, 6.07) is -6.94. The van der Waals surface area contributed by atoms with Crippen molar-refractivity contribution < 1.29 is 103 Å². The van der Waals surface area contributed by atoms with Crippen LogP contribution in [0.1, 0.15) is 27.7 Å². The van der Waals surface area contributed by atoms with E-state index in [2.05, 4.69) is 21.3 Å². The number of rotatable bonds is 18. The van der Waals surface area contributed by atoms with E-state index in [9.17, 15) is 75.0 Å². The highest BCUT2D eigenvalue weighted by molar-refractivity contribution is 5.77. The lowest BCUT2D eigenvalue weighted by molar-refractivity contribution is -0.342. The lowest BCUT2D eigenvalue weighted by Crippen LogP contribution is -2.69. The molecule has 3 aliphatic rings. The normalized spacial score (nSPS) is 37.8. The van der Waals surface area contributed by atoms with E-state index in [4.69, 9.17) is 28.4 Å².